The van der Waals surface area contributed by atoms with E-state index in [4.69, 9.17) is 0 Å². The summed E-state index contributed by atoms with van der Waals surface area (Å²) in [5.74, 6) is 0.408. The zero-order chi connectivity index (χ0) is 16.1. The third-order valence-corrected chi connectivity index (χ3v) is 4.79. The number of hydrogen-bond donors (Lipinski definition) is 3. The number of piperidine rings is 1. The Morgan fingerprint density at radius 2 is 2.13 bits per heavy atom. The Bertz CT molecular complexity index is 523. The van der Waals surface area contributed by atoms with Crippen LogP contribution in [-0.4, -0.2) is 59.1 Å². The molecule has 3 heterocycles. The van der Waals surface area contributed by atoms with E-state index in [0.717, 1.165) is 45.2 Å². The molecule has 0 aliphatic carbocycles. The molecule has 2 fully saturated rings. The second kappa shape index (κ2) is 7.59. The number of aromatic nitrogens is 2. The predicted octanol–water partition coefficient (Wildman–Crippen LogP) is 0.374. The van der Waals surface area contributed by atoms with Gasteiger partial charge in [-0.2, -0.15) is 5.10 Å². The molecule has 1 atom stereocenters. The van der Waals surface area contributed by atoms with Crippen LogP contribution in [0, 0.1) is 0 Å². The van der Waals surface area contributed by atoms with Crippen LogP contribution >= 0.6 is 0 Å². The van der Waals surface area contributed by atoms with Crippen molar-refractivity contribution in [2.24, 2.45) is 0 Å². The summed E-state index contributed by atoms with van der Waals surface area (Å²) < 4.78 is 0. The van der Waals surface area contributed by atoms with E-state index in [0.29, 0.717) is 19.0 Å². The highest BCUT2D eigenvalue weighted by Crippen LogP contribution is 2.25. The van der Waals surface area contributed by atoms with E-state index in [-0.39, 0.29) is 17.9 Å². The minimum Gasteiger partial charge on any atom is -0.354 e. The highest BCUT2D eigenvalue weighted by molar-refractivity contribution is 5.88. The molecular formula is C16H25N5O2. The first-order chi connectivity index (χ1) is 11.2. The van der Waals surface area contributed by atoms with Crippen molar-refractivity contribution >= 4 is 11.8 Å². The van der Waals surface area contributed by atoms with Crippen molar-refractivity contribution in [3.63, 3.8) is 0 Å². The van der Waals surface area contributed by atoms with Gasteiger partial charge in [-0.25, -0.2) is 0 Å². The van der Waals surface area contributed by atoms with E-state index in [1.54, 1.807) is 6.20 Å². The van der Waals surface area contributed by atoms with Crippen LogP contribution in [0.25, 0.3) is 0 Å². The van der Waals surface area contributed by atoms with Crippen LogP contribution in [0.1, 0.15) is 43.7 Å². The standard InChI is InChI=1S/C16H25N5O2/c22-15(19-14-3-1-2-7-17-16(14)23)11-21-9-5-12(6-10-21)13-4-8-18-20-13/h4,8,12,14H,1-3,5-7,9-11H2,(H,17,23)(H,18,20)(H,19,22). The number of carbonyl (C=O) groups excluding carboxylic acids is 2. The fraction of sp³-hybridized carbons (Fsp3) is 0.688. The quantitative estimate of drug-likeness (QED) is 0.748. The molecule has 0 radical (unpaired) electrons. The van der Waals surface area contributed by atoms with E-state index in [2.05, 4.69) is 25.7 Å². The summed E-state index contributed by atoms with van der Waals surface area (Å²) in [4.78, 5) is 26.2. The minimum absolute atomic E-state index is 0.0474. The Balaban J connectivity index is 1.43. The van der Waals surface area contributed by atoms with Gasteiger partial charge in [0.15, 0.2) is 0 Å². The number of carbonyl (C=O) groups is 2. The van der Waals surface area contributed by atoms with Gasteiger partial charge in [0.2, 0.25) is 11.8 Å². The molecule has 2 saturated heterocycles. The average Bonchev–Trinajstić information content (AvgIpc) is 3.01. The van der Waals surface area contributed by atoms with Crippen molar-refractivity contribution in [1.82, 2.24) is 25.7 Å². The summed E-state index contributed by atoms with van der Waals surface area (Å²) in [6.07, 6.45) is 6.53. The first-order valence-electron chi connectivity index (χ1n) is 8.51. The average molecular weight is 319 g/mol. The van der Waals surface area contributed by atoms with Gasteiger partial charge in [-0.15, -0.1) is 0 Å². The van der Waals surface area contributed by atoms with Gasteiger partial charge in [0.25, 0.3) is 0 Å². The molecule has 126 valence electrons. The second-order valence-corrected chi connectivity index (χ2v) is 6.47. The van der Waals surface area contributed by atoms with Crippen molar-refractivity contribution < 1.29 is 9.59 Å². The molecule has 2 aliphatic heterocycles. The summed E-state index contributed by atoms with van der Waals surface area (Å²) in [7, 11) is 0. The number of rotatable bonds is 4. The maximum absolute atomic E-state index is 12.2. The molecule has 0 bridgehead atoms. The first kappa shape index (κ1) is 16.0. The van der Waals surface area contributed by atoms with Crippen molar-refractivity contribution in [2.45, 2.75) is 44.1 Å². The summed E-state index contributed by atoms with van der Waals surface area (Å²) >= 11 is 0. The minimum atomic E-state index is -0.368. The lowest BCUT2D eigenvalue weighted by molar-refractivity contribution is -0.129. The molecule has 0 spiro atoms. The van der Waals surface area contributed by atoms with Crippen LogP contribution in [0.15, 0.2) is 12.3 Å². The third kappa shape index (κ3) is 4.31. The van der Waals surface area contributed by atoms with Gasteiger partial charge in [0.1, 0.15) is 6.04 Å². The number of amides is 2. The maximum atomic E-state index is 12.2. The Labute approximate surface area is 136 Å². The zero-order valence-electron chi connectivity index (χ0n) is 13.4. The first-order valence-corrected chi connectivity index (χ1v) is 8.51. The van der Waals surface area contributed by atoms with Gasteiger partial charge in [-0.05, 0) is 51.3 Å². The van der Waals surface area contributed by atoms with Gasteiger partial charge < -0.3 is 10.6 Å². The summed E-state index contributed by atoms with van der Waals surface area (Å²) in [6.45, 7) is 2.88. The molecule has 7 nitrogen and oxygen atoms in total. The Morgan fingerprint density at radius 3 is 2.87 bits per heavy atom. The number of hydrogen-bond acceptors (Lipinski definition) is 4. The lowest BCUT2D eigenvalue weighted by Crippen LogP contribution is -2.49. The van der Waals surface area contributed by atoms with E-state index >= 15 is 0 Å². The van der Waals surface area contributed by atoms with E-state index in [1.807, 2.05) is 6.07 Å². The molecule has 23 heavy (non-hydrogen) atoms. The lowest BCUT2D eigenvalue weighted by Gasteiger charge is -2.31. The molecule has 1 unspecified atom stereocenters. The second-order valence-electron chi connectivity index (χ2n) is 6.47. The van der Waals surface area contributed by atoms with Crippen LogP contribution in [-0.2, 0) is 9.59 Å². The molecule has 0 aromatic carbocycles. The Hall–Kier alpha value is -1.89. The fourth-order valence-corrected chi connectivity index (χ4v) is 3.42. The SMILES string of the molecule is O=C(CN1CCC(c2ccn[nH]2)CC1)NC1CCCCNC1=O. The topological polar surface area (TPSA) is 90.1 Å². The molecule has 3 rings (SSSR count). The zero-order valence-corrected chi connectivity index (χ0v) is 13.4. The molecular weight excluding hydrogens is 294 g/mol. The number of nitrogens with zero attached hydrogens (tertiary/aromatic N) is 2. The summed E-state index contributed by atoms with van der Waals surface area (Å²) in [5, 5.41) is 12.8. The Morgan fingerprint density at radius 1 is 1.30 bits per heavy atom. The molecule has 7 heteroatoms. The monoisotopic (exact) mass is 319 g/mol. The van der Waals surface area contributed by atoms with Crippen LogP contribution in [0.3, 0.4) is 0 Å². The number of H-pyrrole nitrogens is 1. The number of likely N-dealkylation sites (tertiary alicyclic amines) is 1. The summed E-state index contributed by atoms with van der Waals surface area (Å²) in [6, 6.07) is 1.66. The molecule has 1 aromatic heterocycles. The van der Waals surface area contributed by atoms with Crippen LogP contribution in [0.5, 0.6) is 0 Å². The highest BCUT2D eigenvalue weighted by Gasteiger charge is 2.25. The normalized spacial score (nSPS) is 24.0. The van der Waals surface area contributed by atoms with E-state index < -0.39 is 0 Å². The maximum Gasteiger partial charge on any atom is 0.242 e. The molecule has 2 aliphatic rings. The van der Waals surface area contributed by atoms with Crippen molar-refractivity contribution in [3.8, 4) is 0 Å². The lowest BCUT2D eigenvalue weighted by atomic mass is 9.94. The van der Waals surface area contributed by atoms with E-state index in [9.17, 15) is 9.59 Å². The Kier molecular flexibility index (Phi) is 5.27. The van der Waals surface area contributed by atoms with Crippen LogP contribution in [0.4, 0.5) is 0 Å². The van der Waals surface area contributed by atoms with Crippen molar-refractivity contribution in [3.05, 3.63) is 18.0 Å². The smallest absolute Gasteiger partial charge is 0.242 e. The van der Waals surface area contributed by atoms with Crippen LogP contribution < -0.4 is 10.6 Å². The van der Waals surface area contributed by atoms with Crippen molar-refractivity contribution in [1.29, 1.82) is 0 Å². The van der Waals surface area contributed by atoms with E-state index in [1.165, 1.54) is 5.69 Å². The van der Waals surface area contributed by atoms with Gasteiger partial charge in [0, 0.05) is 24.4 Å². The predicted molar refractivity (Wildman–Crippen MR) is 85.8 cm³/mol. The highest BCUT2D eigenvalue weighted by atomic mass is 16.2. The largest absolute Gasteiger partial charge is 0.354 e. The van der Waals surface area contributed by atoms with Gasteiger partial charge in [-0.3, -0.25) is 19.6 Å². The van der Waals surface area contributed by atoms with Crippen LogP contribution in [0.2, 0.25) is 0 Å². The van der Waals surface area contributed by atoms with Gasteiger partial charge in [-0.1, -0.05) is 0 Å². The molecule has 1 aromatic rings. The van der Waals surface area contributed by atoms with Gasteiger partial charge in [0.05, 0.1) is 6.54 Å². The molecule has 2 amide bonds. The summed E-state index contributed by atoms with van der Waals surface area (Å²) in [5.41, 5.74) is 1.18. The fourth-order valence-electron chi connectivity index (χ4n) is 3.42. The van der Waals surface area contributed by atoms with Gasteiger partial charge >= 0.3 is 0 Å². The molecule has 3 N–H and O–H groups in total. The van der Waals surface area contributed by atoms with Crippen molar-refractivity contribution in [2.75, 3.05) is 26.2 Å². The number of nitrogens with one attached hydrogen (secondary N) is 3. The third-order valence-electron chi connectivity index (χ3n) is 4.79. The number of aromatic amines is 1. The molecule has 0 saturated carbocycles.